The minimum Gasteiger partial charge on any atom is -0.311 e. The van der Waals surface area contributed by atoms with Gasteiger partial charge in [-0.05, 0) is 131 Å². The zero-order valence-electron chi connectivity index (χ0n) is 45.8. The molecule has 0 fully saturated rings. The molecule has 0 atom stereocenters. The van der Waals surface area contributed by atoms with E-state index in [0.29, 0.717) is 33.0 Å². The highest BCUT2D eigenvalue weighted by Gasteiger charge is 2.17. The van der Waals surface area contributed by atoms with Crippen LogP contribution in [0.2, 0.25) is 0 Å². The summed E-state index contributed by atoms with van der Waals surface area (Å²) in [6.07, 6.45) is 0. The van der Waals surface area contributed by atoms with Gasteiger partial charge in [0, 0.05) is 17.1 Å². The molecule has 0 radical (unpaired) electrons. The van der Waals surface area contributed by atoms with Crippen LogP contribution >= 0.6 is 0 Å². The van der Waals surface area contributed by atoms with Crippen molar-refractivity contribution >= 4 is 38.6 Å². The largest absolute Gasteiger partial charge is 0.311 e. The summed E-state index contributed by atoms with van der Waals surface area (Å²) in [5.74, 6) is 0. The quantitative estimate of drug-likeness (QED) is 0.140. The van der Waals surface area contributed by atoms with Crippen molar-refractivity contribution in [2.45, 2.75) is 0 Å². The molecule has 11 aromatic carbocycles. The number of hydrogen-bond acceptors (Lipinski definition) is 1. The SMILES string of the molecule is [2H]c1c([2H])c(N(c2c([2H])c([2H])c(-c3cccc4ccccc34)c([2H])c2[2H])c2c([2H])c([2H])c(-c3c(-c4ccccc4)ccc4ccccc34)c([2H])c2[2H])c([2H])c([2H])c1-c1ccc(-c2ccccc2)c(-c2ccccc2)c1. The van der Waals surface area contributed by atoms with Crippen LogP contribution in [0.3, 0.4) is 0 Å². The fourth-order valence-electron chi connectivity index (χ4n) is 8.26. The molecular weight excluding hydrogens is 759 g/mol. The molecule has 0 aliphatic rings. The van der Waals surface area contributed by atoms with Crippen LogP contribution in [0.4, 0.5) is 17.1 Å². The molecule has 63 heavy (non-hydrogen) atoms. The standard InChI is InChI=1S/C62H43N/c1-4-15-45(16-5-1)58-41-34-52(43-61(58)48-19-8-3-9-20-48)44-27-35-53(36-28-44)63(54-37-29-50(30-38-54)57-26-14-23-46-21-10-12-24-56(46)57)55-39-31-51(32-40-55)62-59-25-13-11-22-49(59)33-42-60(62)47-17-6-2-7-18-47/h1-43H/i27D,28D,29D,30D,31D,32D,35D,36D,37D,38D,39D,40D. The van der Waals surface area contributed by atoms with E-state index in [2.05, 4.69) is 0 Å². The first-order chi connectivity index (χ1) is 36.3. The van der Waals surface area contributed by atoms with Crippen molar-refractivity contribution < 1.29 is 16.4 Å². The summed E-state index contributed by atoms with van der Waals surface area (Å²) in [4.78, 5) is 0.873. The number of rotatable bonds is 9. The van der Waals surface area contributed by atoms with Gasteiger partial charge in [0.05, 0.1) is 16.4 Å². The number of anilines is 3. The minimum absolute atomic E-state index is 0.0483. The van der Waals surface area contributed by atoms with Crippen molar-refractivity contribution in [2.75, 3.05) is 4.90 Å². The molecule has 0 aromatic heterocycles. The minimum atomic E-state index is -0.684. The normalized spacial score (nSPS) is 13.8. The van der Waals surface area contributed by atoms with Crippen LogP contribution in [-0.4, -0.2) is 0 Å². The van der Waals surface area contributed by atoms with Gasteiger partial charge in [0.2, 0.25) is 0 Å². The Morgan fingerprint density at radius 2 is 0.698 bits per heavy atom. The molecule has 1 heteroatoms. The number of fused-ring (bicyclic) bond motifs is 2. The smallest absolute Gasteiger partial charge is 0.0645 e. The van der Waals surface area contributed by atoms with E-state index >= 15 is 0 Å². The molecule has 0 saturated heterocycles. The van der Waals surface area contributed by atoms with E-state index in [1.54, 1.807) is 24.3 Å². The Kier molecular flexibility index (Phi) is 7.10. The molecule has 0 heterocycles. The van der Waals surface area contributed by atoms with Gasteiger partial charge in [-0.3, -0.25) is 0 Å². The first-order valence-corrected chi connectivity index (χ1v) is 20.7. The average Bonchev–Trinajstić information content (AvgIpc) is 3.45. The molecule has 0 aliphatic heterocycles. The highest BCUT2D eigenvalue weighted by atomic mass is 15.1. The van der Waals surface area contributed by atoms with E-state index in [1.165, 1.54) is 0 Å². The Morgan fingerprint density at radius 1 is 0.254 bits per heavy atom. The fourth-order valence-corrected chi connectivity index (χ4v) is 8.26. The summed E-state index contributed by atoms with van der Waals surface area (Å²) in [6.45, 7) is 0. The Hall–Kier alpha value is -8.26. The Morgan fingerprint density at radius 3 is 1.30 bits per heavy atom. The van der Waals surface area contributed by atoms with Crippen molar-refractivity contribution in [1.29, 1.82) is 0 Å². The fraction of sp³-hybridized carbons (Fsp3) is 0. The highest BCUT2D eigenvalue weighted by Crippen LogP contribution is 2.43. The second-order valence-corrected chi connectivity index (χ2v) is 15.1. The Balaban J connectivity index is 1.20. The topological polar surface area (TPSA) is 3.24 Å². The Bertz CT molecular complexity index is 4000. The zero-order valence-corrected chi connectivity index (χ0v) is 33.8. The van der Waals surface area contributed by atoms with E-state index in [-0.39, 0.29) is 16.7 Å². The summed E-state index contributed by atoms with van der Waals surface area (Å²) in [5, 5.41) is 2.87. The predicted molar refractivity (Wildman–Crippen MR) is 269 cm³/mol. The van der Waals surface area contributed by atoms with E-state index < -0.39 is 89.6 Å². The predicted octanol–water partition coefficient (Wildman–Crippen LogP) is 17.5. The van der Waals surface area contributed by atoms with Crippen molar-refractivity contribution in [1.82, 2.24) is 0 Å². The maximum Gasteiger partial charge on any atom is 0.0645 e. The number of benzene rings is 11. The molecule has 0 amide bonds. The molecule has 0 unspecified atom stereocenters. The molecular formula is C62H43N. The third-order valence-corrected chi connectivity index (χ3v) is 11.3. The lowest BCUT2D eigenvalue weighted by Gasteiger charge is -2.26. The molecule has 1 nitrogen and oxygen atoms in total. The van der Waals surface area contributed by atoms with E-state index in [9.17, 15) is 16.4 Å². The van der Waals surface area contributed by atoms with Crippen LogP contribution in [0.5, 0.6) is 0 Å². The van der Waals surface area contributed by atoms with Gasteiger partial charge in [0.1, 0.15) is 0 Å². The lowest BCUT2D eigenvalue weighted by atomic mass is 9.89. The summed E-state index contributed by atoms with van der Waals surface area (Å²) in [5.41, 5.74) is 3.99. The van der Waals surface area contributed by atoms with E-state index in [0.717, 1.165) is 43.5 Å². The second-order valence-electron chi connectivity index (χ2n) is 15.1. The van der Waals surface area contributed by atoms with Crippen LogP contribution in [0.1, 0.15) is 16.4 Å². The van der Waals surface area contributed by atoms with Crippen LogP contribution in [0.15, 0.2) is 261 Å². The van der Waals surface area contributed by atoms with E-state index in [1.807, 2.05) is 164 Å². The van der Waals surface area contributed by atoms with Crippen molar-refractivity contribution in [2.24, 2.45) is 0 Å². The monoisotopic (exact) mass is 813 g/mol. The van der Waals surface area contributed by atoms with Crippen molar-refractivity contribution in [3.63, 3.8) is 0 Å². The molecule has 296 valence electrons. The number of hydrogen-bond donors (Lipinski definition) is 0. The molecule has 0 bridgehead atoms. The molecule has 0 saturated carbocycles. The van der Waals surface area contributed by atoms with Gasteiger partial charge in [0.25, 0.3) is 0 Å². The molecule has 11 rings (SSSR count). The van der Waals surface area contributed by atoms with Crippen molar-refractivity contribution in [3.8, 4) is 66.8 Å². The van der Waals surface area contributed by atoms with Crippen LogP contribution in [0, 0.1) is 0 Å². The summed E-state index contributed by atoms with van der Waals surface area (Å²) in [7, 11) is 0. The summed E-state index contributed by atoms with van der Waals surface area (Å²) in [6, 6.07) is 50.7. The average molecular weight is 814 g/mol. The van der Waals surface area contributed by atoms with Gasteiger partial charge in [0.15, 0.2) is 0 Å². The highest BCUT2D eigenvalue weighted by molar-refractivity contribution is 6.04. The summed E-state index contributed by atoms with van der Waals surface area (Å²) < 4.78 is 117. The molecule has 0 N–H and O–H groups in total. The molecule has 11 aromatic rings. The van der Waals surface area contributed by atoms with Crippen LogP contribution in [0.25, 0.3) is 88.3 Å². The Labute approximate surface area is 386 Å². The van der Waals surface area contributed by atoms with Gasteiger partial charge in [-0.15, -0.1) is 0 Å². The van der Waals surface area contributed by atoms with E-state index in [4.69, 9.17) is 0 Å². The third-order valence-electron chi connectivity index (χ3n) is 11.3. The van der Waals surface area contributed by atoms with Crippen LogP contribution in [-0.2, 0) is 0 Å². The van der Waals surface area contributed by atoms with Gasteiger partial charge in [-0.25, -0.2) is 0 Å². The van der Waals surface area contributed by atoms with Crippen molar-refractivity contribution in [3.05, 3.63) is 261 Å². The van der Waals surface area contributed by atoms with Crippen LogP contribution < -0.4 is 4.90 Å². The lowest BCUT2D eigenvalue weighted by Crippen LogP contribution is -2.09. The van der Waals surface area contributed by atoms with Gasteiger partial charge < -0.3 is 4.90 Å². The maximum absolute atomic E-state index is 9.91. The molecule has 0 spiro atoms. The maximum atomic E-state index is 9.91. The lowest BCUT2D eigenvalue weighted by molar-refractivity contribution is 1.28. The first kappa shape index (κ1) is 26.8. The first-order valence-electron chi connectivity index (χ1n) is 26.7. The number of nitrogens with zero attached hydrogens (tertiary/aromatic N) is 1. The second kappa shape index (κ2) is 16.7. The zero-order chi connectivity index (χ0) is 52.4. The summed E-state index contributed by atoms with van der Waals surface area (Å²) >= 11 is 0. The van der Waals surface area contributed by atoms with Gasteiger partial charge >= 0.3 is 0 Å². The van der Waals surface area contributed by atoms with Gasteiger partial charge in [-0.1, -0.05) is 218 Å². The van der Waals surface area contributed by atoms with Gasteiger partial charge in [-0.2, -0.15) is 0 Å². The molecule has 0 aliphatic carbocycles. The third kappa shape index (κ3) is 7.37.